The maximum atomic E-state index is 13.3. The summed E-state index contributed by atoms with van der Waals surface area (Å²) in [7, 11) is 2.01. The number of pyridine rings is 1. The van der Waals surface area contributed by atoms with Gasteiger partial charge < -0.3 is 9.88 Å². The maximum absolute atomic E-state index is 13.3. The topological polar surface area (TPSA) is 71.8 Å². The summed E-state index contributed by atoms with van der Waals surface area (Å²) in [5.74, 6) is 1.89. The summed E-state index contributed by atoms with van der Waals surface area (Å²) in [6.07, 6.45) is 7.97. The van der Waals surface area contributed by atoms with Gasteiger partial charge in [-0.3, -0.25) is 4.90 Å². The average Bonchev–Trinajstić information content (AvgIpc) is 3.25. The molecule has 1 saturated heterocycles. The van der Waals surface area contributed by atoms with E-state index in [0.29, 0.717) is 17.7 Å². The van der Waals surface area contributed by atoms with Crippen LogP contribution in [0.15, 0.2) is 43.0 Å². The highest BCUT2D eigenvalue weighted by atomic mass is 19.1. The van der Waals surface area contributed by atoms with Gasteiger partial charge in [0.25, 0.3) is 0 Å². The van der Waals surface area contributed by atoms with Crippen LogP contribution in [0.4, 0.5) is 16.2 Å². The van der Waals surface area contributed by atoms with Gasteiger partial charge in [0.05, 0.1) is 12.2 Å². The molecule has 1 fully saturated rings. The standard InChI is InChI=1S/C18H20FN7/c1-25-9-7-21-17(25)12-26-8-4-13(11-26)15-3-6-22-18(23-15)24-16-10-14(19)2-5-20-16/h2-3,5-7,9-10,13H,4,8,11-12H2,1H3,(H,20,22,23,24)/t13-/m1/s1. The van der Waals surface area contributed by atoms with E-state index in [4.69, 9.17) is 0 Å². The summed E-state index contributed by atoms with van der Waals surface area (Å²) in [6.45, 7) is 2.78. The van der Waals surface area contributed by atoms with E-state index in [1.807, 2.05) is 30.1 Å². The Bertz CT molecular complexity index is 895. The normalized spacial score (nSPS) is 17.5. The Morgan fingerprint density at radius 2 is 2.08 bits per heavy atom. The zero-order chi connectivity index (χ0) is 17.9. The van der Waals surface area contributed by atoms with Crippen LogP contribution in [-0.4, -0.2) is 42.5 Å². The second kappa shape index (κ2) is 7.17. The molecule has 4 rings (SSSR count). The van der Waals surface area contributed by atoms with Gasteiger partial charge in [0.2, 0.25) is 5.95 Å². The molecule has 1 N–H and O–H groups in total. The number of nitrogens with one attached hydrogen (secondary N) is 1. The molecule has 4 heterocycles. The van der Waals surface area contributed by atoms with Crippen LogP contribution >= 0.6 is 0 Å². The van der Waals surface area contributed by atoms with Crippen LogP contribution in [0.3, 0.4) is 0 Å². The van der Waals surface area contributed by atoms with Crippen LogP contribution in [-0.2, 0) is 13.6 Å². The van der Waals surface area contributed by atoms with Gasteiger partial charge in [-0.05, 0) is 25.1 Å². The molecular weight excluding hydrogens is 333 g/mol. The summed E-state index contributed by atoms with van der Waals surface area (Å²) in [6, 6.07) is 4.57. The van der Waals surface area contributed by atoms with Crippen LogP contribution in [0, 0.1) is 5.82 Å². The third-order valence-electron chi connectivity index (χ3n) is 4.62. The highest BCUT2D eigenvalue weighted by Gasteiger charge is 2.26. The first-order valence-electron chi connectivity index (χ1n) is 8.57. The third-order valence-corrected chi connectivity index (χ3v) is 4.62. The summed E-state index contributed by atoms with van der Waals surface area (Å²) >= 11 is 0. The van der Waals surface area contributed by atoms with Crippen molar-refractivity contribution in [1.29, 1.82) is 0 Å². The number of aromatic nitrogens is 5. The lowest BCUT2D eigenvalue weighted by atomic mass is 10.1. The largest absolute Gasteiger partial charge is 0.337 e. The Labute approximate surface area is 151 Å². The van der Waals surface area contributed by atoms with E-state index in [1.54, 1.807) is 6.20 Å². The summed E-state index contributed by atoms with van der Waals surface area (Å²) in [5.41, 5.74) is 0.987. The molecule has 0 aromatic carbocycles. The first-order chi connectivity index (χ1) is 12.7. The lowest BCUT2D eigenvalue weighted by Gasteiger charge is -2.15. The van der Waals surface area contributed by atoms with Crippen molar-refractivity contribution < 1.29 is 4.39 Å². The van der Waals surface area contributed by atoms with Crippen molar-refractivity contribution >= 4 is 11.8 Å². The Morgan fingerprint density at radius 3 is 2.88 bits per heavy atom. The van der Waals surface area contributed by atoms with E-state index < -0.39 is 0 Å². The van der Waals surface area contributed by atoms with E-state index in [9.17, 15) is 4.39 Å². The lowest BCUT2D eigenvalue weighted by molar-refractivity contribution is 0.314. The molecule has 0 amide bonds. The molecule has 134 valence electrons. The van der Waals surface area contributed by atoms with Crippen molar-refractivity contribution in [2.24, 2.45) is 7.05 Å². The average molecular weight is 353 g/mol. The highest BCUT2D eigenvalue weighted by molar-refractivity contribution is 5.47. The molecule has 0 saturated carbocycles. The van der Waals surface area contributed by atoms with Gasteiger partial charge in [-0.15, -0.1) is 0 Å². The van der Waals surface area contributed by atoms with E-state index in [-0.39, 0.29) is 5.82 Å². The van der Waals surface area contributed by atoms with E-state index in [1.165, 1.54) is 18.3 Å². The molecule has 0 unspecified atom stereocenters. The van der Waals surface area contributed by atoms with Crippen LogP contribution < -0.4 is 5.32 Å². The van der Waals surface area contributed by atoms with Gasteiger partial charge in [0, 0.05) is 50.4 Å². The molecule has 1 aliphatic rings. The predicted octanol–water partition coefficient (Wildman–Crippen LogP) is 2.48. The quantitative estimate of drug-likeness (QED) is 0.760. The summed E-state index contributed by atoms with van der Waals surface area (Å²) < 4.78 is 15.3. The number of rotatable bonds is 5. The minimum atomic E-state index is -0.348. The lowest BCUT2D eigenvalue weighted by Crippen LogP contribution is -2.22. The molecule has 1 aliphatic heterocycles. The zero-order valence-corrected chi connectivity index (χ0v) is 14.5. The molecule has 0 spiro atoms. The van der Waals surface area contributed by atoms with Crippen molar-refractivity contribution in [3.63, 3.8) is 0 Å². The Balaban J connectivity index is 1.43. The van der Waals surface area contributed by atoms with E-state index >= 15 is 0 Å². The second-order valence-corrected chi connectivity index (χ2v) is 6.46. The van der Waals surface area contributed by atoms with Crippen molar-refractivity contribution in [3.8, 4) is 0 Å². The smallest absolute Gasteiger partial charge is 0.228 e. The fourth-order valence-electron chi connectivity index (χ4n) is 3.21. The highest BCUT2D eigenvalue weighted by Crippen LogP contribution is 2.27. The number of anilines is 2. The van der Waals surface area contributed by atoms with Crippen molar-refractivity contribution in [2.75, 3.05) is 18.4 Å². The predicted molar refractivity (Wildman–Crippen MR) is 95.4 cm³/mol. The van der Waals surface area contributed by atoms with Crippen LogP contribution in [0.25, 0.3) is 0 Å². The molecule has 1 atom stereocenters. The zero-order valence-electron chi connectivity index (χ0n) is 14.5. The number of aryl methyl sites for hydroxylation is 1. The maximum Gasteiger partial charge on any atom is 0.228 e. The third kappa shape index (κ3) is 3.70. The first kappa shape index (κ1) is 16.6. The number of halogens is 1. The SMILES string of the molecule is Cn1ccnc1CN1CC[C@@H](c2ccnc(Nc3cc(F)ccn3)n2)C1. The van der Waals surface area contributed by atoms with Gasteiger partial charge in [-0.25, -0.2) is 24.3 Å². The second-order valence-electron chi connectivity index (χ2n) is 6.46. The molecule has 3 aromatic rings. The minimum absolute atomic E-state index is 0.347. The van der Waals surface area contributed by atoms with Crippen LogP contribution in [0.1, 0.15) is 23.9 Å². The Kier molecular flexibility index (Phi) is 4.57. The molecule has 7 nitrogen and oxygen atoms in total. The molecular formula is C18H20FN7. The summed E-state index contributed by atoms with van der Waals surface area (Å²) in [4.78, 5) is 19.7. The molecule has 0 radical (unpaired) electrons. The first-order valence-corrected chi connectivity index (χ1v) is 8.57. The molecule has 26 heavy (non-hydrogen) atoms. The van der Waals surface area contributed by atoms with Crippen molar-refractivity contribution in [3.05, 3.63) is 60.3 Å². The van der Waals surface area contributed by atoms with Crippen LogP contribution in [0.2, 0.25) is 0 Å². The number of imidazole rings is 1. The summed E-state index contributed by atoms with van der Waals surface area (Å²) in [5, 5.41) is 2.96. The Hall–Kier alpha value is -2.87. The molecule has 0 aliphatic carbocycles. The fraction of sp³-hybridized carbons (Fsp3) is 0.333. The van der Waals surface area contributed by atoms with Gasteiger partial charge >= 0.3 is 0 Å². The molecule has 3 aromatic heterocycles. The van der Waals surface area contributed by atoms with Gasteiger partial charge in [-0.1, -0.05) is 0 Å². The number of likely N-dealkylation sites (tertiary alicyclic amines) is 1. The number of hydrogen-bond acceptors (Lipinski definition) is 6. The minimum Gasteiger partial charge on any atom is -0.337 e. The van der Waals surface area contributed by atoms with Gasteiger partial charge in [0.15, 0.2) is 0 Å². The van der Waals surface area contributed by atoms with E-state index in [0.717, 1.165) is 37.6 Å². The number of hydrogen-bond donors (Lipinski definition) is 1. The molecule has 8 heteroatoms. The molecule has 0 bridgehead atoms. The fourth-order valence-corrected chi connectivity index (χ4v) is 3.21. The van der Waals surface area contributed by atoms with Crippen molar-refractivity contribution in [2.45, 2.75) is 18.9 Å². The number of nitrogens with zero attached hydrogens (tertiary/aromatic N) is 6. The van der Waals surface area contributed by atoms with Gasteiger partial charge in [-0.2, -0.15) is 0 Å². The van der Waals surface area contributed by atoms with Crippen molar-refractivity contribution in [1.82, 2.24) is 29.4 Å². The van der Waals surface area contributed by atoms with Gasteiger partial charge in [0.1, 0.15) is 17.5 Å². The van der Waals surface area contributed by atoms with Crippen LogP contribution in [0.5, 0.6) is 0 Å². The monoisotopic (exact) mass is 353 g/mol. The van der Waals surface area contributed by atoms with E-state index in [2.05, 4.69) is 30.2 Å². The Morgan fingerprint density at radius 1 is 1.19 bits per heavy atom.